The predicted molar refractivity (Wildman–Crippen MR) is 88.3 cm³/mol. The maximum atomic E-state index is 5.62. The number of nitrogens with zero attached hydrogens (tertiary/aromatic N) is 2. The topological polar surface area (TPSA) is 52.2 Å². The molecule has 5 nitrogen and oxygen atoms in total. The highest BCUT2D eigenvalue weighted by atomic mass is 16.5. The second kappa shape index (κ2) is 6.71. The molecule has 0 bridgehead atoms. The van der Waals surface area contributed by atoms with Crippen LogP contribution in [-0.2, 0) is 13.6 Å². The van der Waals surface area contributed by atoms with Crippen molar-refractivity contribution in [3.8, 4) is 5.88 Å². The highest BCUT2D eigenvalue weighted by Crippen LogP contribution is 2.25. The molecule has 0 spiro atoms. The van der Waals surface area contributed by atoms with E-state index >= 15 is 0 Å². The molecule has 5 heteroatoms. The van der Waals surface area contributed by atoms with Crippen LogP contribution >= 0.6 is 0 Å². The Morgan fingerprint density at radius 1 is 1.22 bits per heavy atom. The number of hydrogen-bond donors (Lipinski definition) is 1. The Balaban J connectivity index is 1.86. The Labute approximate surface area is 135 Å². The summed E-state index contributed by atoms with van der Waals surface area (Å²) < 4.78 is 12.8. The van der Waals surface area contributed by atoms with E-state index in [1.807, 2.05) is 44.3 Å². The number of rotatable bonds is 6. The molecule has 120 valence electrons. The molecular weight excluding hydrogens is 290 g/mol. The number of aryl methyl sites for hydroxylation is 2. The normalized spacial score (nSPS) is 12.3. The lowest BCUT2D eigenvalue weighted by atomic mass is 10.0. The largest absolute Gasteiger partial charge is 0.481 e. The number of furan rings is 1. The maximum absolute atomic E-state index is 5.62. The van der Waals surface area contributed by atoms with Crippen LogP contribution in [0, 0.1) is 6.92 Å². The summed E-state index contributed by atoms with van der Waals surface area (Å²) in [6.07, 6.45) is 1.70. The van der Waals surface area contributed by atoms with Gasteiger partial charge in [0.25, 0.3) is 0 Å². The van der Waals surface area contributed by atoms with Crippen molar-refractivity contribution in [2.24, 2.45) is 7.05 Å². The maximum Gasteiger partial charge on any atom is 0.216 e. The van der Waals surface area contributed by atoms with Crippen molar-refractivity contribution < 1.29 is 9.15 Å². The van der Waals surface area contributed by atoms with Gasteiger partial charge in [-0.25, -0.2) is 4.68 Å². The smallest absolute Gasteiger partial charge is 0.216 e. The monoisotopic (exact) mass is 311 g/mol. The number of nitrogens with one attached hydrogen (secondary N) is 1. The fraction of sp³-hybridized carbons (Fsp3) is 0.278. The first-order valence-electron chi connectivity index (χ1n) is 7.59. The zero-order valence-electron chi connectivity index (χ0n) is 13.6. The van der Waals surface area contributed by atoms with Gasteiger partial charge in [0.15, 0.2) is 0 Å². The molecule has 0 aliphatic heterocycles. The molecule has 0 aliphatic carbocycles. The highest BCUT2D eigenvalue weighted by molar-refractivity contribution is 5.32. The fourth-order valence-electron chi connectivity index (χ4n) is 2.83. The van der Waals surface area contributed by atoms with Crippen molar-refractivity contribution in [1.82, 2.24) is 15.1 Å². The van der Waals surface area contributed by atoms with E-state index in [9.17, 15) is 0 Å². The van der Waals surface area contributed by atoms with Gasteiger partial charge in [-0.15, -0.1) is 0 Å². The third-order valence-corrected chi connectivity index (χ3v) is 3.93. The first-order chi connectivity index (χ1) is 11.2. The molecule has 0 amide bonds. The van der Waals surface area contributed by atoms with Crippen molar-refractivity contribution >= 4 is 0 Å². The van der Waals surface area contributed by atoms with Crippen LogP contribution in [-0.4, -0.2) is 16.9 Å². The quantitative estimate of drug-likeness (QED) is 0.759. The van der Waals surface area contributed by atoms with E-state index in [1.54, 1.807) is 18.1 Å². The van der Waals surface area contributed by atoms with Crippen LogP contribution in [0.25, 0.3) is 0 Å². The molecule has 3 rings (SSSR count). The Bertz CT molecular complexity index is 748. The van der Waals surface area contributed by atoms with Gasteiger partial charge in [-0.3, -0.25) is 5.32 Å². The van der Waals surface area contributed by atoms with Gasteiger partial charge < -0.3 is 9.15 Å². The van der Waals surface area contributed by atoms with Crippen molar-refractivity contribution in [1.29, 1.82) is 0 Å². The molecule has 0 saturated heterocycles. The van der Waals surface area contributed by atoms with E-state index in [-0.39, 0.29) is 6.04 Å². The third-order valence-electron chi connectivity index (χ3n) is 3.93. The molecule has 0 aliphatic rings. The Morgan fingerprint density at radius 3 is 2.65 bits per heavy atom. The Kier molecular flexibility index (Phi) is 4.48. The number of benzene rings is 1. The summed E-state index contributed by atoms with van der Waals surface area (Å²) >= 11 is 0. The lowest BCUT2D eigenvalue weighted by Gasteiger charge is -2.17. The zero-order chi connectivity index (χ0) is 16.2. The minimum atomic E-state index is -0.0180. The number of methoxy groups -OCH3 is 1. The van der Waals surface area contributed by atoms with E-state index in [0.29, 0.717) is 6.54 Å². The zero-order valence-corrected chi connectivity index (χ0v) is 13.6. The first kappa shape index (κ1) is 15.4. The summed E-state index contributed by atoms with van der Waals surface area (Å²) in [7, 11) is 3.55. The van der Waals surface area contributed by atoms with Gasteiger partial charge in [0, 0.05) is 13.6 Å². The lowest BCUT2D eigenvalue weighted by molar-refractivity contribution is 0.366. The molecule has 0 saturated carbocycles. The predicted octanol–water partition coefficient (Wildman–Crippen LogP) is 3.21. The molecule has 0 fully saturated rings. The molecule has 2 aromatic heterocycles. The highest BCUT2D eigenvalue weighted by Gasteiger charge is 2.19. The van der Waals surface area contributed by atoms with Crippen LogP contribution in [0.2, 0.25) is 0 Å². The molecule has 1 N–H and O–H groups in total. The second-order valence-corrected chi connectivity index (χ2v) is 5.44. The minimum absolute atomic E-state index is 0.0180. The van der Waals surface area contributed by atoms with Crippen LogP contribution in [0.4, 0.5) is 0 Å². The molecule has 2 heterocycles. The average molecular weight is 311 g/mol. The van der Waals surface area contributed by atoms with Crippen LogP contribution in [0.15, 0.2) is 53.1 Å². The fourth-order valence-corrected chi connectivity index (χ4v) is 2.83. The summed E-state index contributed by atoms with van der Waals surface area (Å²) in [5.74, 6) is 1.66. The molecule has 1 atom stereocenters. The van der Waals surface area contributed by atoms with Gasteiger partial charge in [-0.2, -0.15) is 5.10 Å². The minimum Gasteiger partial charge on any atom is -0.481 e. The van der Waals surface area contributed by atoms with E-state index in [0.717, 1.165) is 28.5 Å². The molecule has 0 radical (unpaired) electrons. The Morgan fingerprint density at radius 2 is 2.00 bits per heavy atom. The van der Waals surface area contributed by atoms with E-state index in [1.165, 1.54) is 0 Å². The standard InChI is InChI=1S/C18H21N3O2/c1-13-15(18(22-3)21(2)20-13)12-19-17(16-10-7-11-23-16)14-8-5-4-6-9-14/h4-11,17,19H,12H2,1-3H3/t17-/m0/s1. The van der Waals surface area contributed by atoms with Crippen molar-refractivity contribution in [3.63, 3.8) is 0 Å². The van der Waals surface area contributed by atoms with E-state index < -0.39 is 0 Å². The SMILES string of the molecule is COc1c(CN[C@@H](c2ccccc2)c2ccco2)c(C)nn1C. The van der Waals surface area contributed by atoms with Gasteiger partial charge in [0.2, 0.25) is 5.88 Å². The molecular formula is C18H21N3O2. The number of hydrogen-bond acceptors (Lipinski definition) is 4. The van der Waals surface area contributed by atoms with Crippen LogP contribution in [0.5, 0.6) is 5.88 Å². The van der Waals surface area contributed by atoms with Crippen molar-refractivity contribution in [2.45, 2.75) is 19.5 Å². The second-order valence-electron chi connectivity index (χ2n) is 5.44. The van der Waals surface area contributed by atoms with Crippen LogP contribution < -0.4 is 10.1 Å². The Hall–Kier alpha value is -2.53. The molecule has 3 aromatic rings. The van der Waals surface area contributed by atoms with Gasteiger partial charge in [-0.1, -0.05) is 30.3 Å². The van der Waals surface area contributed by atoms with E-state index in [2.05, 4.69) is 22.5 Å². The van der Waals surface area contributed by atoms with Crippen molar-refractivity contribution in [3.05, 3.63) is 71.3 Å². The molecule has 23 heavy (non-hydrogen) atoms. The van der Waals surface area contributed by atoms with E-state index in [4.69, 9.17) is 9.15 Å². The molecule has 1 aromatic carbocycles. The summed E-state index contributed by atoms with van der Waals surface area (Å²) in [6.45, 7) is 2.63. The third kappa shape index (κ3) is 3.14. The number of aromatic nitrogens is 2. The first-order valence-corrected chi connectivity index (χ1v) is 7.59. The van der Waals surface area contributed by atoms with Crippen molar-refractivity contribution in [2.75, 3.05) is 7.11 Å². The summed E-state index contributed by atoms with van der Waals surface area (Å²) in [6, 6.07) is 14.1. The average Bonchev–Trinajstić information content (AvgIpc) is 3.17. The lowest BCUT2D eigenvalue weighted by Crippen LogP contribution is -2.22. The summed E-state index contributed by atoms with van der Waals surface area (Å²) in [4.78, 5) is 0. The van der Waals surface area contributed by atoms with Gasteiger partial charge in [0.05, 0.1) is 30.7 Å². The molecule has 0 unspecified atom stereocenters. The summed E-state index contributed by atoms with van der Waals surface area (Å²) in [5, 5.41) is 7.98. The van der Waals surface area contributed by atoms with Crippen LogP contribution in [0.1, 0.15) is 28.6 Å². The van der Waals surface area contributed by atoms with Crippen LogP contribution in [0.3, 0.4) is 0 Å². The van der Waals surface area contributed by atoms with Gasteiger partial charge >= 0.3 is 0 Å². The van der Waals surface area contributed by atoms with Gasteiger partial charge in [-0.05, 0) is 24.6 Å². The number of ether oxygens (including phenoxy) is 1. The summed E-state index contributed by atoms with van der Waals surface area (Å²) in [5.41, 5.74) is 3.17. The van der Waals surface area contributed by atoms with Gasteiger partial charge in [0.1, 0.15) is 5.76 Å².